The van der Waals surface area contributed by atoms with Gasteiger partial charge in [-0.25, -0.2) is 9.69 Å². The van der Waals surface area contributed by atoms with Crippen molar-refractivity contribution < 1.29 is 19.1 Å². The Morgan fingerprint density at radius 1 is 0.794 bits per heavy atom. The number of hydrogen-bond acceptors (Lipinski definition) is 4. The van der Waals surface area contributed by atoms with Crippen LogP contribution in [0.5, 0.6) is 0 Å². The number of ether oxygens (including phenoxy) is 1. The minimum atomic E-state index is -0.874. The van der Waals surface area contributed by atoms with E-state index in [1.165, 1.54) is 4.90 Å². The van der Waals surface area contributed by atoms with Crippen molar-refractivity contribution in [1.29, 1.82) is 0 Å². The summed E-state index contributed by atoms with van der Waals surface area (Å²) in [6.45, 7) is 1.91. The maximum Gasteiger partial charge on any atom is 0.340 e. The number of carbonyl (C=O) groups is 3. The largest absolute Gasteiger partial charge is 0.462 e. The van der Waals surface area contributed by atoms with Crippen molar-refractivity contribution in [3.05, 3.63) is 101 Å². The van der Waals surface area contributed by atoms with E-state index >= 15 is 0 Å². The Labute approximate surface area is 213 Å². The normalized spacial score (nSPS) is 28.4. The van der Waals surface area contributed by atoms with E-state index in [1.54, 1.807) is 31.2 Å². The number of anilines is 1. The summed E-state index contributed by atoms with van der Waals surface area (Å²) in [5.41, 5.74) is 4.31. The van der Waals surface area contributed by atoms with Gasteiger partial charge in [0.25, 0.3) is 0 Å². The number of para-hydroxylation sites is 1. The average Bonchev–Trinajstić information content (AvgIpc) is 3.13. The first kappa shape index (κ1) is 21.7. The Balaban J connectivity index is 1.60. The number of alkyl halides is 2. The first-order valence-corrected chi connectivity index (χ1v) is 12.7. The van der Waals surface area contributed by atoms with Crippen LogP contribution in [0.2, 0.25) is 0 Å². The number of halogens is 2. The van der Waals surface area contributed by atoms with Crippen molar-refractivity contribution in [2.45, 2.75) is 15.6 Å². The van der Waals surface area contributed by atoms with Crippen LogP contribution in [0.1, 0.15) is 39.5 Å². The lowest BCUT2D eigenvalue weighted by Crippen LogP contribution is -2.56. The van der Waals surface area contributed by atoms with Crippen molar-refractivity contribution in [2.75, 3.05) is 11.5 Å². The highest BCUT2D eigenvalue weighted by Gasteiger charge is 2.72. The first-order chi connectivity index (χ1) is 16.4. The van der Waals surface area contributed by atoms with Crippen LogP contribution >= 0.6 is 31.9 Å². The molecule has 0 spiro atoms. The molecule has 1 aliphatic heterocycles. The van der Waals surface area contributed by atoms with Gasteiger partial charge in [-0.05, 0) is 41.3 Å². The molecule has 34 heavy (non-hydrogen) atoms. The molecule has 5 nitrogen and oxygen atoms in total. The Hall–Kier alpha value is -2.77. The van der Waals surface area contributed by atoms with Crippen LogP contribution < -0.4 is 4.90 Å². The summed E-state index contributed by atoms with van der Waals surface area (Å²) in [5.74, 6) is -2.63. The van der Waals surface area contributed by atoms with Crippen molar-refractivity contribution >= 4 is 55.3 Å². The van der Waals surface area contributed by atoms with Gasteiger partial charge in [0.15, 0.2) is 0 Å². The lowest BCUT2D eigenvalue weighted by atomic mass is 9.54. The maximum atomic E-state index is 14.1. The highest BCUT2D eigenvalue weighted by molar-refractivity contribution is 9.10. The van der Waals surface area contributed by atoms with E-state index in [-0.39, 0.29) is 29.7 Å². The monoisotopic (exact) mass is 579 g/mol. The predicted octanol–water partition coefficient (Wildman–Crippen LogP) is 5.27. The van der Waals surface area contributed by atoms with Crippen molar-refractivity contribution in [3.63, 3.8) is 0 Å². The molecule has 170 valence electrons. The smallest absolute Gasteiger partial charge is 0.340 e. The van der Waals surface area contributed by atoms with Gasteiger partial charge in [-0.2, -0.15) is 0 Å². The van der Waals surface area contributed by atoms with Crippen molar-refractivity contribution in [1.82, 2.24) is 0 Å². The molecule has 3 aromatic rings. The standard InChI is InChI=1S/C27H19Br2NO4/c1-2-34-25(33)15-9-3-8-14-20(15)30-23(31)21-22(24(30)32)27(29)17-11-5-4-10-16(17)26(21,28)18-12-6-7-13-19(18)27/h3-14,21-22H,2H2,1H3/t21-,22-,26?,27?/m0/s1. The molecule has 7 rings (SSSR count). The number of amides is 2. The SMILES string of the molecule is CCOC(=O)c1ccccc1N1C(=O)[C@@H]2[C@@H](C1=O)C1(Br)c3ccccc3C2(Br)c2ccccc21. The number of benzene rings is 3. The summed E-state index contributed by atoms with van der Waals surface area (Å²) in [5, 5.41) is 0. The zero-order chi connectivity index (χ0) is 23.8. The fraction of sp³-hybridized carbons (Fsp3) is 0.222. The van der Waals surface area contributed by atoms with Crippen LogP contribution in [-0.2, 0) is 23.0 Å². The Kier molecular flexibility index (Phi) is 4.71. The number of esters is 1. The molecule has 0 aromatic heterocycles. The lowest BCUT2D eigenvalue weighted by Gasteiger charge is -2.55. The van der Waals surface area contributed by atoms with Crippen LogP contribution in [0, 0.1) is 11.8 Å². The van der Waals surface area contributed by atoms with Crippen molar-refractivity contribution in [3.8, 4) is 0 Å². The minimum absolute atomic E-state index is 0.194. The molecule has 2 atom stereocenters. The summed E-state index contributed by atoms with van der Waals surface area (Å²) < 4.78 is 3.46. The van der Waals surface area contributed by atoms with Gasteiger partial charge in [-0.1, -0.05) is 92.5 Å². The summed E-state index contributed by atoms with van der Waals surface area (Å²) in [6.07, 6.45) is 0. The second-order valence-electron chi connectivity index (χ2n) is 8.72. The Morgan fingerprint density at radius 2 is 1.21 bits per heavy atom. The van der Waals surface area contributed by atoms with Gasteiger partial charge in [-0.15, -0.1) is 0 Å². The molecule has 3 aliphatic carbocycles. The lowest BCUT2D eigenvalue weighted by molar-refractivity contribution is -0.122. The van der Waals surface area contributed by atoms with Crippen LogP contribution in [0.15, 0.2) is 72.8 Å². The second kappa shape index (κ2) is 7.36. The third kappa shape index (κ3) is 2.46. The quantitative estimate of drug-likeness (QED) is 0.240. The van der Waals surface area contributed by atoms with Gasteiger partial charge in [-0.3, -0.25) is 9.59 Å². The molecule has 1 saturated heterocycles. The summed E-state index contributed by atoms with van der Waals surface area (Å²) >= 11 is 7.98. The minimum Gasteiger partial charge on any atom is -0.462 e. The Morgan fingerprint density at radius 3 is 1.65 bits per heavy atom. The van der Waals surface area contributed by atoms with E-state index < -0.39 is 26.5 Å². The highest BCUT2D eigenvalue weighted by Crippen LogP contribution is 2.70. The molecule has 7 heteroatoms. The Bertz CT molecular complexity index is 1280. The molecule has 3 aromatic carbocycles. The number of rotatable bonds is 3. The second-order valence-corrected chi connectivity index (χ2v) is 11.2. The van der Waals surface area contributed by atoms with E-state index in [9.17, 15) is 14.4 Å². The predicted molar refractivity (Wildman–Crippen MR) is 134 cm³/mol. The van der Waals surface area contributed by atoms with Crippen LogP contribution in [-0.4, -0.2) is 24.4 Å². The number of imide groups is 1. The molecule has 4 aliphatic rings. The van der Waals surface area contributed by atoms with Crippen LogP contribution in [0.3, 0.4) is 0 Å². The average molecular weight is 581 g/mol. The number of hydrogen-bond donors (Lipinski definition) is 0. The van der Waals surface area contributed by atoms with Crippen molar-refractivity contribution in [2.24, 2.45) is 11.8 Å². The molecule has 2 bridgehead atoms. The van der Waals surface area contributed by atoms with E-state index in [4.69, 9.17) is 4.74 Å². The summed E-state index contributed by atoms with van der Waals surface area (Å²) in [7, 11) is 0. The number of nitrogens with zero attached hydrogens (tertiary/aromatic N) is 1. The van der Waals surface area contributed by atoms with E-state index in [2.05, 4.69) is 31.9 Å². The molecular formula is C27H19Br2NO4. The summed E-state index contributed by atoms with van der Waals surface area (Å²) in [4.78, 5) is 42.2. The molecule has 0 radical (unpaired) electrons. The maximum absolute atomic E-state index is 14.1. The van der Waals surface area contributed by atoms with Gasteiger partial charge in [0, 0.05) is 0 Å². The third-order valence-electron chi connectivity index (χ3n) is 7.23. The number of carbonyl (C=O) groups excluding carboxylic acids is 3. The molecule has 0 unspecified atom stereocenters. The van der Waals surface area contributed by atoms with Gasteiger partial charge < -0.3 is 4.74 Å². The molecule has 1 fully saturated rings. The molecule has 0 N–H and O–H groups in total. The third-order valence-corrected chi connectivity index (χ3v) is 9.92. The zero-order valence-corrected chi connectivity index (χ0v) is 21.3. The van der Waals surface area contributed by atoms with Gasteiger partial charge in [0.05, 0.1) is 38.3 Å². The molecule has 2 amide bonds. The van der Waals surface area contributed by atoms with E-state index in [0.717, 1.165) is 22.3 Å². The highest BCUT2D eigenvalue weighted by atomic mass is 79.9. The van der Waals surface area contributed by atoms with Gasteiger partial charge >= 0.3 is 5.97 Å². The van der Waals surface area contributed by atoms with Crippen LogP contribution in [0.4, 0.5) is 5.69 Å². The first-order valence-electron chi connectivity index (χ1n) is 11.1. The fourth-order valence-electron chi connectivity index (χ4n) is 5.95. The van der Waals surface area contributed by atoms with E-state index in [0.29, 0.717) is 0 Å². The van der Waals surface area contributed by atoms with Gasteiger partial charge in [0.1, 0.15) is 0 Å². The molecular weight excluding hydrogens is 562 g/mol. The topological polar surface area (TPSA) is 63.7 Å². The zero-order valence-electron chi connectivity index (χ0n) is 18.1. The molecule has 0 saturated carbocycles. The van der Waals surface area contributed by atoms with Gasteiger partial charge in [0.2, 0.25) is 11.8 Å². The molecule has 1 heterocycles. The van der Waals surface area contributed by atoms with E-state index in [1.807, 2.05) is 48.5 Å². The summed E-state index contributed by atoms with van der Waals surface area (Å²) in [6, 6.07) is 22.5. The van der Waals surface area contributed by atoms with Crippen LogP contribution in [0.25, 0.3) is 0 Å². The fourth-order valence-corrected chi connectivity index (χ4v) is 8.26.